The molecule has 0 atom stereocenters. The minimum Gasteiger partial charge on any atom is -0.507 e. The van der Waals surface area contributed by atoms with Crippen LogP contribution in [-0.2, 0) is 6.54 Å². The fraction of sp³-hybridized carbons (Fsp3) is 0.350. The number of likely N-dealkylation sites (tertiary alicyclic amines) is 1. The number of Topliss-reactive ketones (excluding diaryl/α,β-unsaturated/α-hetero) is 1. The van der Waals surface area contributed by atoms with E-state index < -0.39 is 0 Å². The van der Waals surface area contributed by atoms with Crippen LogP contribution in [0.3, 0.4) is 0 Å². The summed E-state index contributed by atoms with van der Waals surface area (Å²) in [7, 11) is 0. The Morgan fingerprint density at radius 3 is 2.68 bits per heavy atom. The molecule has 2 aliphatic rings. The number of ether oxygens (including phenoxy) is 1. The number of nitrogens with zero attached hydrogens (tertiary/aromatic N) is 1. The number of hydrogen-bond donors (Lipinski definition) is 1. The standard InChI is InChI=1S/C20H21NO4/c1-13-5-6-14(24-13)11-18-19(23)15-7-8-17(22)16(20(15)25-18)12-21-9-3-2-4-10-21/h5-8,11,22H,2-4,9-10,12H2,1H3. The van der Waals surface area contributed by atoms with Gasteiger partial charge in [-0.2, -0.15) is 0 Å². The molecular weight excluding hydrogens is 318 g/mol. The van der Waals surface area contributed by atoms with Gasteiger partial charge in [0.05, 0.1) is 11.1 Å². The van der Waals surface area contributed by atoms with Gasteiger partial charge in [-0.1, -0.05) is 6.42 Å². The number of ketones is 1. The number of allylic oxidation sites excluding steroid dienone is 1. The largest absolute Gasteiger partial charge is 0.507 e. The van der Waals surface area contributed by atoms with Crippen molar-refractivity contribution in [3.8, 4) is 11.5 Å². The lowest BCUT2D eigenvalue weighted by molar-refractivity contribution is 0.101. The van der Waals surface area contributed by atoms with E-state index in [-0.39, 0.29) is 17.3 Å². The number of hydrogen-bond acceptors (Lipinski definition) is 5. The average molecular weight is 339 g/mol. The third-order valence-corrected chi connectivity index (χ3v) is 4.78. The first kappa shape index (κ1) is 16.0. The Labute approximate surface area is 146 Å². The highest BCUT2D eigenvalue weighted by molar-refractivity contribution is 6.14. The maximum Gasteiger partial charge on any atom is 0.232 e. The summed E-state index contributed by atoms with van der Waals surface area (Å²) >= 11 is 0. The van der Waals surface area contributed by atoms with Gasteiger partial charge in [0, 0.05) is 12.6 Å². The zero-order valence-electron chi connectivity index (χ0n) is 14.2. The number of aromatic hydroxyl groups is 1. The summed E-state index contributed by atoms with van der Waals surface area (Å²) < 4.78 is 11.4. The molecule has 4 rings (SSSR count). The van der Waals surface area contributed by atoms with Crippen LogP contribution in [0.1, 0.15) is 46.7 Å². The summed E-state index contributed by atoms with van der Waals surface area (Å²) in [6, 6.07) is 6.85. The third kappa shape index (κ3) is 3.07. The normalized spacial score (nSPS) is 19.2. The third-order valence-electron chi connectivity index (χ3n) is 4.78. The first-order valence-electron chi connectivity index (χ1n) is 8.70. The number of benzene rings is 1. The molecule has 25 heavy (non-hydrogen) atoms. The van der Waals surface area contributed by atoms with Gasteiger partial charge in [0.2, 0.25) is 5.78 Å². The lowest BCUT2D eigenvalue weighted by Gasteiger charge is -2.27. The van der Waals surface area contributed by atoms with E-state index in [1.54, 1.807) is 24.3 Å². The number of phenolic OH excluding ortho intramolecular Hbond substituents is 1. The van der Waals surface area contributed by atoms with Crippen LogP contribution in [0.5, 0.6) is 11.5 Å². The predicted molar refractivity (Wildman–Crippen MR) is 93.6 cm³/mol. The Balaban J connectivity index is 1.65. The number of carbonyl (C=O) groups is 1. The molecule has 5 nitrogen and oxygen atoms in total. The highest BCUT2D eigenvalue weighted by Crippen LogP contribution is 2.40. The Kier molecular flexibility index (Phi) is 4.09. The van der Waals surface area contributed by atoms with Gasteiger partial charge in [-0.3, -0.25) is 9.69 Å². The number of furan rings is 1. The summed E-state index contributed by atoms with van der Waals surface area (Å²) in [5.41, 5.74) is 1.19. The van der Waals surface area contributed by atoms with Crippen molar-refractivity contribution in [1.82, 2.24) is 4.90 Å². The van der Waals surface area contributed by atoms with E-state index in [0.29, 0.717) is 29.2 Å². The number of aryl methyl sites for hydroxylation is 1. The molecule has 1 saturated heterocycles. The number of rotatable bonds is 3. The molecule has 2 aromatic rings. The second-order valence-corrected chi connectivity index (χ2v) is 6.66. The molecule has 0 bridgehead atoms. The Morgan fingerprint density at radius 2 is 1.96 bits per heavy atom. The molecule has 1 N–H and O–H groups in total. The minimum atomic E-state index is -0.177. The fourth-order valence-corrected chi connectivity index (χ4v) is 3.45. The van der Waals surface area contributed by atoms with Crippen LogP contribution in [0.15, 0.2) is 34.4 Å². The highest BCUT2D eigenvalue weighted by atomic mass is 16.5. The predicted octanol–water partition coefficient (Wildman–Crippen LogP) is 3.90. The number of piperidine rings is 1. The SMILES string of the molecule is Cc1ccc(C=C2Oc3c(ccc(O)c3CN3CCCCC3)C2=O)o1. The zero-order valence-corrected chi connectivity index (χ0v) is 14.2. The van der Waals surface area contributed by atoms with Crippen molar-refractivity contribution in [2.45, 2.75) is 32.7 Å². The molecule has 0 amide bonds. The molecule has 3 heterocycles. The molecular formula is C20H21NO4. The fourth-order valence-electron chi connectivity index (χ4n) is 3.45. The smallest absolute Gasteiger partial charge is 0.232 e. The maximum absolute atomic E-state index is 12.6. The van der Waals surface area contributed by atoms with Gasteiger partial charge < -0.3 is 14.3 Å². The maximum atomic E-state index is 12.6. The van der Waals surface area contributed by atoms with E-state index >= 15 is 0 Å². The zero-order chi connectivity index (χ0) is 17.4. The van der Waals surface area contributed by atoms with Crippen LogP contribution in [0, 0.1) is 6.92 Å². The topological polar surface area (TPSA) is 62.9 Å². The quantitative estimate of drug-likeness (QED) is 0.860. The van der Waals surface area contributed by atoms with Gasteiger partial charge in [0.25, 0.3) is 0 Å². The number of fused-ring (bicyclic) bond motifs is 1. The van der Waals surface area contributed by atoms with Gasteiger partial charge in [-0.25, -0.2) is 0 Å². The molecule has 2 aliphatic heterocycles. The second kappa shape index (κ2) is 6.41. The molecule has 5 heteroatoms. The summed E-state index contributed by atoms with van der Waals surface area (Å²) in [4.78, 5) is 14.9. The van der Waals surface area contributed by atoms with Crippen LogP contribution in [-0.4, -0.2) is 28.9 Å². The van der Waals surface area contributed by atoms with Crippen molar-refractivity contribution in [2.24, 2.45) is 0 Å². The molecule has 1 aromatic heterocycles. The molecule has 0 saturated carbocycles. The van der Waals surface area contributed by atoms with Gasteiger partial charge in [0.1, 0.15) is 23.0 Å². The Bertz CT molecular complexity index is 843. The summed E-state index contributed by atoms with van der Waals surface area (Å²) in [6.07, 6.45) is 5.19. The van der Waals surface area contributed by atoms with E-state index in [1.807, 2.05) is 13.0 Å². The van der Waals surface area contributed by atoms with E-state index in [1.165, 1.54) is 19.3 Å². The minimum absolute atomic E-state index is 0.173. The highest BCUT2D eigenvalue weighted by Gasteiger charge is 2.32. The van der Waals surface area contributed by atoms with Crippen molar-refractivity contribution >= 4 is 11.9 Å². The molecule has 0 radical (unpaired) electrons. The van der Waals surface area contributed by atoms with Gasteiger partial charge in [0.15, 0.2) is 5.76 Å². The lowest BCUT2D eigenvalue weighted by atomic mass is 10.0. The lowest BCUT2D eigenvalue weighted by Crippen LogP contribution is -2.29. The van der Waals surface area contributed by atoms with Crippen LogP contribution in [0.4, 0.5) is 0 Å². The number of phenols is 1. The van der Waals surface area contributed by atoms with E-state index in [4.69, 9.17) is 9.15 Å². The van der Waals surface area contributed by atoms with Crippen LogP contribution in [0.2, 0.25) is 0 Å². The first-order chi connectivity index (χ1) is 12.1. The first-order valence-corrected chi connectivity index (χ1v) is 8.70. The van der Waals surface area contributed by atoms with Gasteiger partial charge in [-0.15, -0.1) is 0 Å². The summed E-state index contributed by atoms with van der Waals surface area (Å²) in [5.74, 6) is 2.06. The van der Waals surface area contributed by atoms with E-state index in [0.717, 1.165) is 18.8 Å². The summed E-state index contributed by atoms with van der Waals surface area (Å²) in [5, 5.41) is 10.3. The van der Waals surface area contributed by atoms with Crippen LogP contribution in [0.25, 0.3) is 6.08 Å². The van der Waals surface area contributed by atoms with Gasteiger partial charge in [-0.05, 0) is 57.1 Å². The summed E-state index contributed by atoms with van der Waals surface area (Å²) in [6.45, 7) is 4.45. The second-order valence-electron chi connectivity index (χ2n) is 6.66. The van der Waals surface area contributed by atoms with Crippen molar-refractivity contribution < 1.29 is 19.1 Å². The van der Waals surface area contributed by atoms with Gasteiger partial charge >= 0.3 is 0 Å². The van der Waals surface area contributed by atoms with Crippen LogP contribution < -0.4 is 4.74 Å². The molecule has 1 fully saturated rings. The number of carbonyl (C=O) groups excluding carboxylic acids is 1. The molecule has 0 aliphatic carbocycles. The van der Waals surface area contributed by atoms with E-state index in [2.05, 4.69) is 4.90 Å². The molecule has 0 spiro atoms. The Hall–Kier alpha value is -2.53. The Morgan fingerprint density at radius 1 is 1.16 bits per heavy atom. The molecule has 0 unspecified atom stereocenters. The van der Waals surface area contributed by atoms with Crippen molar-refractivity contribution in [3.05, 3.63) is 52.7 Å². The van der Waals surface area contributed by atoms with E-state index in [9.17, 15) is 9.90 Å². The molecule has 1 aromatic carbocycles. The van der Waals surface area contributed by atoms with Crippen molar-refractivity contribution in [3.63, 3.8) is 0 Å². The molecule has 130 valence electrons. The van der Waals surface area contributed by atoms with Crippen molar-refractivity contribution in [1.29, 1.82) is 0 Å². The monoisotopic (exact) mass is 339 g/mol. The average Bonchev–Trinajstić information content (AvgIpc) is 3.16. The van der Waals surface area contributed by atoms with Crippen LogP contribution >= 0.6 is 0 Å². The van der Waals surface area contributed by atoms with Crippen molar-refractivity contribution in [2.75, 3.05) is 13.1 Å².